The number of halogens is 2. The van der Waals surface area contributed by atoms with Crippen LogP contribution in [0.15, 0.2) is 18.2 Å². The van der Waals surface area contributed by atoms with E-state index < -0.39 is 0 Å². The van der Waals surface area contributed by atoms with Gasteiger partial charge in [-0.15, -0.1) is 0 Å². The van der Waals surface area contributed by atoms with E-state index in [4.69, 9.17) is 23.2 Å². The number of hydrogen-bond donors (Lipinski definition) is 1. The molecule has 98 valence electrons. The Bertz CT molecular complexity index is 433. The topological polar surface area (TPSA) is 12.0 Å². The molecule has 2 fully saturated rings. The zero-order valence-electron chi connectivity index (χ0n) is 10.5. The van der Waals surface area contributed by atoms with Gasteiger partial charge >= 0.3 is 0 Å². The molecule has 1 heterocycles. The number of nitrogens with one attached hydrogen (secondary N) is 1. The van der Waals surface area contributed by atoms with Gasteiger partial charge in [0.05, 0.1) is 0 Å². The molecule has 3 rings (SSSR count). The van der Waals surface area contributed by atoms with Gasteiger partial charge in [0, 0.05) is 16.1 Å². The second-order valence-corrected chi connectivity index (χ2v) is 6.49. The van der Waals surface area contributed by atoms with Crippen LogP contribution >= 0.6 is 23.2 Å². The minimum absolute atomic E-state index is 0.698. The van der Waals surface area contributed by atoms with Crippen LogP contribution < -0.4 is 5.32 Å². The Morgan fingerprint density at radius 3 is 2.94 bits per heavy atom. The quantitative estimate of drug-likeness (QED) is 0.872. The molecule has 18 heavy (non-hydrogen) atoms. The lowest BCUT2D eigenvalue weighted by atomic mass is 9.90. The van der Waals surface area contributed by atoms with Crippen molar-refractivity contribution < 1.29 is 0 Å². The molecule has 1 aromatic rings. The van der Waals surface area contributed by atoms with E-state index in [9.17, 15) is 0 Å². The van der Waals surface area contributed by atoms with Gasteiger partial charge in [0.25, 0.3) is 0 Å². The van der Waals surface area contributed by atoms with E-state index >= 15 is 0 Å². The fourth-order valence-corrected chi connectivity index (χ4v) is 4.16. The van der Waals surface area contributed by atoms with Crippen molar-refractivity contribution in [3.05, 3.63) is 33.8 Å². The molecule has 0 amide bonds. The second-order valence-electron chi connectivity index (χ2n) is 5.64. The highest BCUT2D eigenvalue weighted by Gasteiger charge is 2.38. The number of hydrogen-bond acceptors (Lipinski definition) is 1. The van der Waals surface area contributed by atoms with E-state index in [0.717, 1.165) is 28.3 Å². The normalized spacial score (nSPS) is 30.7. The molecule has 2 aliphatic rings. The van der Waals surface area contributed by atoms with Crippen LogP contribution in [0.4, 0.5) is 0 Å². The van der Waals surface area contributed by atoms with Crippen molar-refractivity contribution >= 4 is 23.2 Å². The fourth-order valence-electron chi connectivity index (χ4n) is 3.65. The Morgan fingerprint density at radius 1 is 1.22 bits per heavy atom. The number of benzene rings is 1. The van der Waals surface area contributed by atoms with E-state index in [1.165, 1.54) is 37.8 Å². The van der Waals surface area contributed by atoms with Gasteiger partial charge < -0.3 is 5.32 Å². The average molecular weight is 284 g/mol. The molecule has 3 atom stereocenters. The van der Waals surface area contributed by atoms with Crippen LogP contribution in [0.1, 0.15) is 31.2 Å². The Morgan fingerprint density at radius 2 is 2.11 bits per heavy atom. The zero-order valence-corrected chi connectivity index (χ0v) is 12.0. The van der Waals surface area contributed by atoms with E-state index in [1.807, 2.05) is 12.1 Å². The molecular formula is C15H19Cl2N. The van der Waals surface area contributed by atoms with Gasteiger partial charge in [-0.2, -0.15) is 0 Å². The Kier molecular flexibility index (Phi) is 3.83. The van der Waals surface area contributed by atoms with E-state index in [-0.39, 0.29) is 0 Å². The van der Waals surface area contributed by atoms with Gasteiger partial charge in [0.15, 0.2) is 0 Å². The summed E-state index contributed by atoms with van der Waals surface area (Å²) in [4.78, 5) is 0. The second kappa shape index (κ2) is 5.40. The first-order chi connectivity index (χ1) is 8.74. The summed E-state index contributed by atoms with van der Waals surface area (Å²) in [5, 5.41) is 5.22. The van der Waals surface area contributed by atoms with Crippen molar-refractivity contribution in [1.29, 1.82) is 0 Å². The van der Waals surface area contributed by atoms with Gasteiger partial charge in [-0.25, -0.2) is 0 Å². The van der Waals surface area contributed by atoms with Crippen LogP contribution in [0.3, 0.4) is 0 Å². The predicted molar refractivity (Wildman–Crippen MR) is 77.4 cm³/mol. The monoisotopic (exact) mass is 283 g/mol. The van der Waals surface area contributed by atoms with Crippen LogP contribution in [0.25, 0.3) is 0 Å². The van der Waals surface area contributed by atoms with E-state index in [1.54, 1.807) is 0 Å². The highest BCUT2D eigenvalue weighted by molar-refractivity contribution is 6.35. The lowest BCUT2D eigenvalue weighted by Gasteiger charge is -2.18. The highest BCUT2D eigenvalue weighted by atomic mass is 35.5. The molecular weight excluding hydrogens is 265 g/mol. The van der Waals surface area contributed by atoms with Crippen LogP contribution in [-0.2, 0) is 6.42 Å². The summed E-state index contributed by atoms with van der Waals surface area (Å²) in [5.74, 6) is 1.85. The maximum atomic E-state index is 6.22. The van der Waals surface area contributed by atoms with Gasteiger partial charge in [0.1, 0.15) is 0 Å². The molecule has 1 N–H and O–H groups in total. The van der Waals surface area contributed by atoms with Crippen LogP contribution in [0.2, 0.25) is 10.0 Å². The molecule has 1 saturated carbocycles. The number of rotatable bonds is 3. The standard InChI is InChI=1S/C15H19Cl2N/c16-12-6-4-10(14(17)8-12)5-7-15-13-3-1-2-11(13)9-18-15/h4,6,8,11,13,15,18H,1-3,5,7,9H2. The maximum Gasteiger partial charge on any atom is 0.0452 e. The summed E-state index contributed by atoms with van der Waals surface area (Å²) in [6.07, 6.45) is 6.52. The average Bonchev–Trinajstić information content (AvgIpc) is 2.91. The van der Waals surface area contributed by atoms with Gasteiger partial charge in [-0.3, -0.25) is 0 Å². The summed E-state index contributed by atoms with van der Waals surface area (Å²) in [5.41, 5.74) is 1.23. The summed E-state index contributed by atoms with van der Waals surface area (Å²) in [7, 11) is 0. The lowest BCUT2D eigenvalue weighted by molar-refractivity contribution is 0.393. The summed E-state index contributed by atoms with van der Waals surface area (Å²) >= 11 is 12.1. The van der Waals surface area contributed by atoms with Crippen molar-refractivity contribution in [2.75, 3.05) is 6.54 Å². The molecule has 3 unspecified atom stereocenters. The summed E-state index contributed by atoms with van der Waals surface area (Å²) < 4.78 is 0. The third kappa shape index (κ3) is 2.54. The Balaban J connectivity index is 1.61. The summed E-state index contributed by atoms with van der Waals surface area (Å²) in [6.45, 7) is 1.23. The molecule has 0 radical (unpaired) electrons. The molecule has 0 spiro atoms. The molecule has 3 heteroatoms. The highest BCUT2D eigenvalue weighted by Crippen LogP contribution is 2.39. The zero-order chi connectivity index (χ0) is 12.5. The van der Waals surface area contributed by atoms with Gasteiger partial charge in [-0.1, -0.05) is 35.7 Å². The minimum Gasteiger partial charge on any atom is -0.313 e. The van der Waals surface area contributed by atoms with Crippen molar-refractivity contribution in [2.45, 2.75) is 38.1 Å². The van der Waals surface area contributed by atoms with Crippen LogP contribution in [0.5, 0.6) is 0 Å². The molecule has 0 aromatic heterocycles. The minimum atomic E-state index is 0.698. The first-order valence-corrected chi connectivity index (χ1v) is 7.67. The molecule has 1 aliphatic carbocycles. The third-order valence-electron chi connectivity index (χ3n) is 4.62. The maximum absolute atomic E-state index is 6.22. The van der Waals surface area contributed by atoms with E-state index in [0.29, 0.717) is 6.04 Å². The smallest absolute Gasteiger partial charge is 0.0452 e. The number of fused-ring (bicyclic) bond motifs is 1. The summed E-state index contributed by atoms with van der Waals surface area (Å²) in [6, 6.07) is 6.54. The van der Waals surface area contributed by atoms with Crippen LogP contribution in [0, 0.1) is 11.8 Å². The van der Waals surface area contributed by atoms with Crippen molar-refractivity contribution in [2.24, 2.45) is 11.8 Å². The van der Waals surface area contributed by atoms with Gasteiger partial charge in [0.2, 0.25) is 0 Å². The number of aryl methyl sites for hydroxylation is 1. The first-order valence-electron chi connectivity index (χ1n) is 6.91. The third-order valence-corrected chi connectivity index (χ3v) is 5.20. The Hall–Kier alpha value is -0.240. The fraction of sp³-hybridized carbons (Fsp3) is 0.600. The molecule has 1 aliphatic heterocycles. The van der Waals surface area contributed by atoms with Crippen molar-refractivity contribution in [3.8, 4) is 0 Å². The van der Waals surface area contributed by atoms with Gasteiger partial charge in [-0.05, 0) is 61.8 Å². The largest absolute Gasteiger partial charge is 0.313 e. The van der Waals surface area contributed by atoms with Crippen LogP contribution in [-0.4, -0.2) is 12.6 Å². The molecule has 1 saturated heterocycles. The first kappa shape index (κ1) is 12.8. The SMILES string of the molecule is Clc1ccc(CCC2NCC3CCCC32)c(Cl)c1. The predicted octanol–water partition coefficient (Wildman–Crippen LogP) is 4.31. The van der Waals surface area contributed by atoms with Crippen molar-refractivity contribution in [1.82, 2.24) is 5.32 Å². The Labute approximate surface area is 119 Å². The van der Waals surface area contributed by atoms with Crippen molar-refractivity contribution in [3.63, 3.8) is 0 Å². The molecule has 0 bridgehead atoms. The molecule has 1 aromatic carbocycles. The van der Waals surface area contributed by atoms with E-state index in [2.05, 4.69) is 11.4 Å². The molecule has 1 nitrogen and oxygen atoms in total. The lowest BCUT2D eigenvalue weighted by Crippen LogP contribution is -2.27.